The van der Waals surface area contributed by atoms with Crippen molar-refractivity contribution < 1.29 is 13.9 Å². The van der Waals surface area contributed by atoms with E-state index in [9.17, 15) is 9.18 Å². The van der Waals surface area contributed by atoms with E-state index >= 15 is 0 Å². The monoisotopic (exact) mass is 318 g/mol. The van der Waals surface area contributed by atoms with E-state index in [1.165, 1.54) is 12.1 Å². The van der Waals surface area contributed by atoms with E-state index in [2.05, 4.69) is 4.90 Å². The Kier molecular flexibility index (Phi) is 6.35. The number of nitrogens with zero attached hydrogens (tertiary/aromatic N) is 2. The number of hydrogen-bond donors (Lipinski definition) is 0. The third-order valence-electron chi connectivity index (χ3n) is 3.86. The molecule has 1 saturated heterocycles. The van der Waals surface area contributed by atoms with Crippen LogP contribution in [0, 0.1) is 5.82 Å². The Morgan fingerprint density at radius 2 is 2.00 bits per heavy atom. The van der Waals surface area contributed by atoms with Crippen LogP contribution in [0.4, 0.5) is 4.39 Å². The number of hydrogen-bond acceptors (Lipinski definition) is 3. The zero-order valence-corrected chi connectivity index (χ0v) is 13.7. The highest BCUT2D eigenvalue weighted by Crippen LogP contribution is 2.21. The summed E-state index contributed by atoms with van der Waals surface area (Å²) in [7, 11) is 1.59. The molecule has 1 aliphatic heterocycles. The van der Waals surface area contributed by atoms with Crippen molar-refractivity contribution in [1.29, 1.82) is 0 Å². The summed E-state index contributed by atoms with van der Waals surface area (Å²) in [5.74, 6) is 0.467. The molecule has 4 nitrogen and oxygen atoms in total. The number of rotatable bonds is 5. The molecular weight excluding hydrogens is 295 g/mol. The third-order valence-corrected chi connectivity index (χ3v) is 3.86. The van der Waals surface area contributed by atoms with Crippen LogP contribution in [-0.4, -0.2) is 49.0 Å². The molecule has 0 N–H and O–H groups in total. The first-order valence-electron chi connectivity index (χ1n) is 7.77. The maximum Gasteiger partial charge on any atom is 0.246 e. The van der Waals surface area contributed by atoms with Crippen LogP contribution in [0.1, 0.15) is 12.5 Å². The highest BCUT2D eigenvalue weighted by Gasteiger charge is 2.20. The fourth-order valence-corrected chi connectivity index (χ4v) is 2.59. The predicted octanol–water partition coefficient (Wildman–Crippen LogP) is 2.61. The zero-order chi connectivity index (χ0) is 16.7. The highest BCUT2D eigenvalue weighted by molar-refractivity contribution is 5.87. The topological polar surface area (TPSA) is 32.8 Å². The van der Waals surface area contributed by atoms with E-state index < -0.39 is 0 Å². The van der Waals surface area contributed by atoms with Crippen molar-refractivity contribution in [3.05, 3.63) is 53.9 Å². The van der Waals surface area contributed by atoms with Crippen molar-refractivity contribution in [2.45, 2.75) is 13.5 Å². The van der Waals surface area contributed by atoms with Gasteiger partial charge in [-0.05, 0) is 25.1 Å². The van der Waals surface area contributed by atoms with Gasteiger partial charge in [-0.3, -0.25) is 9.69 Å². The second-order valence-electron chi connectivity index (χ2n) is 5.44. The average Bonchev–Trinajstić information content (AvgIpc) is 2.56. The molecule has 0 bridgehead atoms. The fourth-order valence-electron chi connectivity index (χ4n) is 2.59. The number of amides is 1. The van der Waals surface area contributed by atoms with Crippen molar-refractivity contribution in [1.82, 2.24) is 9.80 Å². The number of piperazine rings is 1. The van der Waals surface area contributed by atoms with Crippen molar-refractivity contribution in [3.63, 3.8) is 0 Å². The number of methoxy groups -OCH3 is 1. The van der Waals surface area contributed by atoms with E-state index in [0.717, 1.165) is 18.7 Å². The van der Waals surface area contributed by atoms with Crippen LogP contribution in [0.15, 0.2) is 42.5 Å². The molecule has 5 heteroatoms. The predicted molar refractivity (Wildman–Crippen MR) is 88.8 cm³/mol. The zero-order valence-electron chi connectivity index (χ0n) is 13.7. The van der Waals surface area contributed by atoms with Gasteiger partial charge in [-0.1, -0.05) is 18.2 Å². The third kappa shape index (κ3) is 4.93. The summed E-state index contributed by atoms with van der Waals surface area (Å²) < 4.78 is 18.7. The van der Waals surface area contributed by atoms with Gasteiger partial charge in [0.25, 0.3) is 0 Å². The molecule has 0 radical (unpaired) electrons. The molecule has 0 unspecified atom stereocenters. The first kappa shape index (κ1) is 17.2. The van der Waals surface area contributed by atoms with Crippen molar-refractivity contribution in [2.75, 3.05) is 33.3 Å². The van der Waals surface area contributed by atoms with Gasteiger partial charge in [-0.15, -0.1) is 0 Å². The molecule has 23 heavy (non-hydrogen) atoms. The Morgan fingerprint density at radius 1 is 1.26 bits per heavy atom. The standard InChI is InChI=1S/C18H23FN2O2/c1-3-4-5-6-18(22)21-11-9-20(10-12-21)14-15-13-16(19)7-8-17(15)23-2/h3-8,13H,9-12,14H2,1-2H3/b4-3+,6-5+. The number of ether oxygens (including phenoxy) is 1. The van der Waals surface area contributed by atoms with Crippen LogP contribution in [-0.2, 0) is 11.3 Å². The van der Waals surface area contributed by atoms with E-state index in [1.807, 2.05) is 24.0 Å². The maximum absolute atomic E-state index is 13.4. The minimum absolute atomic E-state index is 0.0334. The molecule has 0 saturated carbocycles. The number of carbonyl (C=O) groups excluding carboxylic acids is 1. The fraction of sp³-hybridized carbons (Fsp3) is 0.389. The Hall–Kier alpha value is -2.14. The van der Waals surface area contributed by atoms with Crippen molar-refractivity contribution in [3.8, 4) is 5.75 Å². The molecule has 124 valence electrons. The summed E-state index contributed by atoms with van der Waals surface area (Å²) in [4.78, 5) is 16.0. The molecule has 0 aliphatic carbocycles. The quantitative estimate of drug-likeness (QED) is 0.618. The van der Waals surface area contributed by atoms with E-state index in [1.54, 1.807) is 25.3 Å². The molecule has 0 spiro atoms. The Bertz CT molecular complexity index is 591. The second kappa shape index (κ2) is 8.48. The van der Waals surface area contributed by atoms with Crippen LogP contribution in [0.3, 0.4) is 0 Å². The molecule has 0 atom stereocenters. The van der Waals surface area contributed by atoms with Gasteiger partial charge in [0.05, 0.1) is 7.11 Å². The minimum atomic E-state index is -0.260. The average molecular weight is 318 g/mol. The first-order chi connectivity index (χ1) is 11.1. The van der Waals surface area contributed by atoms with Crippen molar-refractivity contribution in [2.24, 2.45) is 0 Å². The van der Waals surface area contributed by atoms with Gasteiger partial charge in [0, 0.05) is 44.4 Å². The number of carbonyl (C=O) groups is 1. The van der Waals surface area contributed by atoms with E-state index in [4.69, 9.17) is 4.74 Å². The lowest BCUT2D eigenvalue weighted by Crippen LogP contribution is -2.47. The van der Waals surface area contributed by atoms with Crippen LogP contribution in [0.5, 0.6) is 5.75 Å². The molecular formula is C18H23FN2O2. The van der Waals surface area contributed by atoms with Gasteiger partial charge in [0.1, 0.15) is 11.6 Å². The smallest absolute Gasteiger partial charge is 0.246 e. The van der Waals surface area contributed by atoms with Crippen LogP contribution >= 0.6 is 0 Å². The van der Waals surface area contributed by atoms with E-state index in [-0.39, 0.29) is 11.7 Å². The van der Waals surface area contributed by atoms with Crippen molar-refractivity contribution >= 4 is 5.91 Å². The van der Waals surface area contributed by atoms with Crippen LogP contribution in [0.2, 0.25) is 0 Å². The minimum Gasteiger partial charge on any atom is -0.496 e. The molecule has 1 fully saturated rings. The summed E-state index contributed by atoms with van der Waals surface area (Å²) in [5.41, 5.74) is 0.834. The molecule has 1 heterocycles. The van der Waals surface area contributed by atoms with Gasteiger partial charge >= 0.3 is 0 Å². The molecule has 0 aromatic heterocycles. The lowest BCUT2D eigenvalue weighted by atomic mass is 10.1. The number of halogens is 1. The second-order valence-corrected chi connectivity index (χ2v) is 5.44. The lowest BCUT2D eigenvalue weighted by molar-refractivity contribution is -0.127. The molecule has 2 rings (SSSR count). The maximum atomic E-state index is 13.4. The summed E-state index contributed by atoms with van der Waals surface area (Å²) >= 11 is 0. The van der Waals surface area contributed by atoms with Gasteiger partial charge in [-0.2, -0.15) is 0 Å². The van der Waals surface area contributed by atoms with Gasteiger partial charge in [0.15, 0.2) is 0 Å². The molecule has 1 aromatic rings. The van der Waals surface area contributed by atoms with Gasteiger partial charge in [-0.25, -0.2) is 4.39 Å². The Morgan fingerprint density at radius 3 is 2.65 bits per heavy atom. The molecule has 1 aromatic carbocycles. The number of allylic oxidation sites excluding steroid dienone is 3. The van der Waals surface area contributed by atoms with Crippen LogP contribution in [0.25, 0.3) is 0 Å². The van der Waals surface area contributed by atoms with E-state index in [0.29, 0.717) is 25.4 Å². The number of benzene rings is 1. The summed E-state index contributed by atoms with van der Waals surface area (Å²) in [6.45, 7) is 5.42. The normalized spacial score (nSPS) is 16.4. The largest absolute Gasteiger partial charge is 0.496 e. The molecule has 1 amide bonds. The van der Waals surface area contributed by atoms with Gasteiger partial charge < -0.3 is 9.64 Å². The van der Waals surface area contributed by atoms with Crippen LogP contribution < -0.4 is 4.74 Å². The first-order valence-corrected chi connectivity index (χ1v) is 7.77. The SMILES string of the molecule is C/C=C/C=C/C(=O)N1CCN(Cc2cc(F)ccc2OC)CC1. The summed E-state index contributed by atoms with van der Waals surface area (Å²) in [5, 5.41) is 0. The molecule has 1 aliphatic rings. The Labute approximate surface area is 136 Å². The summed E-state index contributed by atoms with van der Waals surface area (Å²) in [6.07, 6.45) is 7.07. The lowest BCUT2D eigenvalue weighted by Gasteiger charge is -2.34. The Balaban J connectivity index is 1.90. The summed E-state index contributed by atoms with van der Waals surface area (Å²) in [6, 6.07) is 4.56. The van der Waals surface area contributed by atoms with Gasteiger partial charge in [0.2, 0.25) is 5.91 Å². The highest BCUT2D eigenvalue weighted by atomic mass is 19.1.